The predicted molar refractivity (Wildman–Crippen MR) is 66.8 cm³/mol. The summed E-state index contributed by atoms with van der Waals surface area (Å²) in [6, 6.07) is 0.599. The van der Waals surface area contributed by atoms with E-state index < -0.39 is 0 Å². The van der Waals surface area contributed by atoms with Crippen molar-refractivity contribution < 1.29 is 9.47 Å². The maximum Gasteiger partial charge on any atom is 0.0933 e. The van der Waals surface area contributed by atoms with E-state index in [0.717, 1.165) is 26.4 Å². The average Bonchev–Trinajstić information content (AvgIpc) is 2.33. The molecule has 1 fully saturated rings. The summed E-state index contributed by atoms with van der Waals surface area (Å²) in [5, 5.41) is 3.52. The number of nitrogens with one attached hydrogen (secondary N) is 1. The van der Waals surface area contributed by atoms with Gasteiger partial charge in [-0.3, -0.25) is 0 Å². The third kappa shape index (κ3) is 6.46. The number of hydrogen-bond acceptors (Lipinski definition) is 3. The van der Waals surface area contributed by atoms with E-state index in [2.05, 4.69) is 19.2 Å². The highest BCUT2D eigenvalue weighted by Gasteiger charge is 2.14. The zero-order valence-electron chi connectivity index (χ0n) is 10.8. The molecule has 1 N–H and O–H groups in total. The summed E-state index contributed by atoms with van der Waals surface area (Å²) in [6.07, 6.45) is 6.91. The Hall–Kier alpha value is -0.120. The van der Waals surface area contributed by atoms with Crippen LogP contribution in [0.3, 0.4) is 0 Å². The highest BCUT2D eigenvalue weighted by atomic mass is 16.6. The Bertz CT molecular complexity index is 158. The molecule has 0 aromatic rings. The monoisotopic (exact) mass is 229 g/mol. The van der Waals surface area contributed by atoms with E-state index >= 15 is 0 Å². The molecule has 0 amide bonds. The van der Waals surface area contributed by atoms with Gasteiger partial charge >= 0.3 is 0 Å². The van der Waals surface area contributed by atoms with Gasteiger partial charge in [0.1, 0.15) is 0 Å². The zero-order chi connectivity index (χ0) is 11.6. The van der Waals surface area contributed by atoms with Crippen LogP contribution in [-0.4, -0.2) is 38.5 Å². The minimum Gasteiger partial charge on any atom is -0.376 e. The van der Waals surface area contributed by atoms with Gasteiger partial charge in [-0.2, -0.15) is 0 Å². The Morgan fingerprint density at radius 2 is 2.12 bits per heavy atom. The molecule has 16 heavy (non-hydrogen) atoms. The molecule has 1 aliphatic heterocycles. The SMILES string of the molecule is CCCCCCC(C)NCC1COCCO1. The standard InChI is InChI=1S/C13H27NO2/c1-3-4-5-6-7-12(2)14-10-13-11-15-8-9-16-13/h12-14H,3-11H2,1-2H3. The molecule has 1 saturated heterocycles. The molecule has 0 aliphatic carbocycles. The summed E-state index contributed by atoms with van der Waals surface area (Å²) in [5.41, 5.74) is 0. The van der Waals surface area contributed by atoms with Gasteiger partial charge in [0.05, 0.1) is 25.9 Å². The van der Waals surface area contributed by atoms with Crippen molar-refractivity contribution in [3.63, 3.8) is 0 Å². The van der Waals surface area contributed by atoms with E-state index in [0.29, 0.717) is 6.04 Å². The topological polar surface area (TPSA) is 30.5 Å². The third-order valence-electron chi connectivity index (χ3n) is 3.07. The largest absolute Gasteiger partial charge is 0.376 e. The molecule has 2 atom stereocenters. The lowest BCUT2D eigenvalue weighted by Gasteiger charge is -2.25. The fourth-order valence-corrected chi connectivity index (χ4v) is 1.97. The minimum atomic E-state index is 0.256. The first kappa shape index (κ1) is 13.9. The number of hydrogen-bond donors (Lipinski definition) is 1. The summed E-state index contributed by atoms with van der Waals surface area (Å²) in [5.74, 6) is 0. The van der Waals surface area contributed by atoms with Gasteiger partial charge in [-0.25, -0.2) is 0 Å². The van der Waals surface area contributed by atoms with Crippen molar-refractivity contribution in [1.82, 2.24) is 5.32 Å². The van der Waals surface area contributed by atoms with E-state index in [9.17, 15) is 0 Å². The molecule has 1 aliphatic rings. The molecule has 0 aromatic heterocycles. The van der Waals surface area contributed by atoms with Crippen LogP contribution in [0, 0.1) is 0 Å². The summed E-state index contributed by atoms with van der Waals surface area (Å²) < 4.78 is 10.9. The van der Waals surface area contributed by atoms with Gasteiger partial charge in [-0.15, -0.1) is 0 Å². The molecule has 96 valence electrons. The first-order valence-electron chi connectivity index (χ1n) is 6.75. The van der Waals surface area contributed by atoms with E-state index in [4.69, 9.17) is 9.47 Å². The van der Waals surface area contributed by atoms with Gasteiger partial charge in [-0.1, -0.05) is 32.6 Å². The molecule has 1 rings (SSSR count). The number of ether oxygens (including phenoxy) is 2. The normalized spacial score (nSPS) is 23.2. The van der Waals surface area contributed by atoms with Crippen LogP contribution in [0.15, 0.2) is 0 Å². The van der Waals surface area contributed by atoms with Crippen molar-refractivity contribution in [3.8, 4) is 0 Å². The van der Waals surface area contributed by atoms with Gasteiger partial charge in [-0.05, 0) is 13.3 Å². The smallest absolute Gasteiger partial charge is 0.0933 e. The summed E-state index contributed by atoms with van der Waals surface area (Å²) >= 11 is 0. The lowest BCUT2D eigenvalue weighted by molar-refractivity contribution is -0.0870. The van der Waals surface area contributed by atoms with Gasteiger partial charge in [0.25, 0.3) is 0 Å². The van der Waals surface area contributed by atoms with E-state index in [1.807, 2.05) is 0 Å². The second-order valence-electron chi connectivity index (χ2n) is 4.73. The highest BCUT2D eigenvalue weighted by Crippen LogP contribution is 2.06. The lowest BCUT2D eigenvalue weighted by Crippen LogP contribution is -2.40. The first-order chi connectivity index (χ1) is 7.83. The van der Waals surface area contributed by atoms with Crippen molar-refractivity contribution >= 4 is 0 Å². The van der Waals surface area contributed by atoms with Crippen LogP contribution in [-0.2, 0) is 9.47 Å². The van der Waals surface area contributed by atoms with Crippen molar-refractivity contribution in [2.24, 2.45) is 0 Å². The Morgan fingerprint density at radius 3 is 2.81 bits per heavy atom. The molecule has 0 bridgehead atoms. The van der Waals surface area contributed by atoms with E-state index in [1.165, 1.54) is 32.1 Å². The van der Waals surface area contributed by atoms with Crippen LogP contribution >= 0.6 is 0 Å². The second-order valence-corrected chi connectivity index (χ2v) is 4.73. The van der Waals surface area contributed by atoms with Gasteiger partial charge < -0.3 is 14.8 Å². The van der Waals surface area contributed by atoms with Gasteiger partial charge in [0.15, 0.2) is 0 Å². The molecule has 3 nitrogen and oxygen atoms in total. The van der Waals surface area contributed by atoms with Crippen molar-refractivity contribution in [1.29, 1.82) is 0 Å². The minimum absolute atomic E-state index is 0.256. The van der Waals surface area contributed by atoms with E-state index in [1.54, 1.807) is 0 Å². The molecular formula is C13H27NO2. The highest BCUT2D eigenvalue weighted by molar-refractivity contribution is 4.68. The number of unbranched alkanes of at least 4 members (excludes halogenated alkanes) is 3. The molecule has 1 heterocycles. The Labute approximate surface area is 99.9 Å². The summed E-state index contributed by atoms with van der Waals surface area (Å²) in [6.45, 7) is 7.68. The fourth-order valence-electron chi connectivity index (χ4n) is 1.97. The maximum absolute atomic E-state index is 5.58. The van der Waals surface area contributed by atoms with Crippen molar-refractivity contribution in [2.45, 2.75) is 58.1 Å². The Balaban J connectivity index is 1.94. The molecule has 0 spiro atoms. The van der Waals surface area contributed by atoms with Crippen LogP contribution in [0.1, 0.15) is 46.0 Å². The lowest BCUT2D eigenvalue weighted by atomic mass is 10.1. The summed E-state index contributed by atoms with van der Waals surface area (Å²) in [7, 11) is 0. The molecular weight excluding hydrogens is 202 g/mol. The molecule has 0 aromatic carbocycles. The van der Waals surface area contributed by atoms with Crippen LogP contribution in [0.4, 0.5) is 0 Å². The maximum atomic E-state index is 5.58. The predicted octanol–water partition coefficient (Wildman–Crippen LogP) is 2.35. The fraction of sp³-hybridized carbons (Fsp3) is 1.00. The van der Waals surface area contributed by atoms with Crippen molar-refractivity contribution in [3.05, 3.63) is 0 Å². The van der Waals surface area contributed by atoms with Crippen molar-refractivity contribution in [2.75, 3.05) is 26.4 Å². The van der Waals surface area contributed by atoms with Gasteiger partial charge in [0.2, 0.25) is 0 Å². The number of rotatable bonds is 8. The summed E-state index contributed by atoms with van der Waals surface area (Å²) in [4.78, 5) is 0. The second kappa shape index (κ2) is 8.97. The molecule has 3 heteroatoms. The average molecular weight is 229 g/mol. The molecule has 0 radical (unpaired) electrons. The Morgan fingerprint density at radius 1 is 1.25 bits per heavy atom. The van der Waals surface area contributed by atoms with Crippen LogP contribution in [0.2, 0.25) is 0 Å². The third-order valence-corrected chi connectivity index (χ3v) is 3.07. The molecule has 2 unspecified atom stereocenters. The Kier molecular flexibility index (Phi) is 7.81. The van der Waals surface area contributed by atoms with Crippen LogP contribution in [0.25, 0.3) is 0 Å². The quantitative estimate of drug-likeness (QED) is 0.648. The van der Waals surface area contributed by atoms with Crippen LogP contribution < -0.4 is 5.32 Å². The van der Waals surface area contributed by atoms with Gasteiger partial charge in [0, 0.05) is 12.6 Å². The molecule has 0 saturated carbocycles. The first-order valence-corrected chi connectivity index (χ1v) is 6.75. The van der Waals surface area contributed by atoms with E-state index in [-0.39, 0.29) is 6.10 Å². The van der Waals surface area contributed by atoms with Crippen LogP contribution in [0.5, 0.6) is 0 Å². The zero-order valence-corrected chi connectivity index (χ0v) is 10.8.